The second kappa shape index (κ2) is 4.90. The molecule has 1 heterocycles. The summed E-state index contributed by atoms with van der Waals surface area (Å²) in [4.78, 5) is 4.54. The molecule has 1 aromatic heterocycles. The molecule has 0 amide bonds. The van der Waals surface area contributed by atoms with E-state index in [-0.39, 0.29) is 16.6 Å². The van der Waals surface area contributed by atoms with E-state index in [2.05, 4.69) is 4.98 Å². The van der Waals surface area contributed by atoms with Gasteiger partial charge in [0.05, 0.1) is 5.56 Å². The molecule has 0 spiro atoms. The maximum absolute atomic E-state index is 13.2. The zero-order valence-electron chi connectivity index (χ0n) is 9.83. The van der Waals surface area contributed by atoms with Crippen LogP contribution in [0.3, 0.4) is 0 Å². The fraction of sp³-hybridized carbons (Fsp3) is 0.250. The molecule has 19 heavy (non-hydrogen) atoms. The Hall–Kier alpha value is -1.47. The first-order chi connectivity index (χ1) is 8.79. The maximum Gasteiger partial charge on any atom is 0.417 e. The zero-order chi connectivity index (χ0) is 14.2. The third-order valence-corrected chi connectivity index (χ3v) is 3.72. The molecule has 0 saturated heterocycles. The molecule has 2 rings (SSSR count). The Morgan fingerprint density at radius 1 is 1.32 bits per heavy atom. The first-order valence-corrected chi connectivity index (χ1v) is 6.19. The average Bonchev–Trinajstić information content (AvgIpc) is 2.76. The van der Waals surface area contributed by atoms with Crippen molar-refractivity contribution in [3.8, 4) is 10.6 Å². The molecular formula is C12H10F4N2S. The van der Waals surface area contributed by atoms with Crippen LogP contribution in [-0.2, 0) is 6.18 Å². The van der Waals surface area contributed by atoms with Gasteiger partial charge in [0, 0.05) is 22.7 Å². The van der Waals surface area contributed by atoms with Gasteiger partial charge in [0.1, 0.15) is 10.8 Å². The molecule has 102 valence electrons. The highest BCUT2D eigenvalue weighted by molar-refractivity contribution is 7.15. The Morgan fingerprint density at radius 2 is 2.00 bits per heavy atom. The van der Waals surface area contributed by atoms with Crippen molar-refractivity contribution in [3.63, 3.8) is 0 Å². The van der Waals surface area contributed by atoms with Crippen LogP contribution in [0, 0.1) is 5.82 Å². The van der Waals surface area contributed by atoms with Gasteiger partial charge in [-0.1, -0.05) is 0 Å². The number of halogens is 4. The summed E-state index contributed by atoms with van der Waals surface area (Å²) < 4.78 is 51.8. The quantitative estimate of drug-likeness (QED) is 0.849. The van der Waals surface area contributed by atoms with Crippen LogP contribution in [0.1, 0.15) is 23.4 Å². The molecule has 2 N–H and O–H groups in total. The van der Waals surface area contributed by atoms with Gasteiger partial charge in [-0.15, -0.1) is 11.3 Å². The van der Waals surface area contributed by atoms with Crippen LogP contribution < -0.4 is 5.73 Å². The van der Waals surface area contributed by atoms with Crippen LogP contribution in [0.2, 0.25) is 0 Å². The monoisotopic (exact) mass is 290 g/mol. The number of hydrogen-bond donors (Lipinski definition) is 1. The molecule has 0 saturated carbocycles. The minimum absolute atomic E-state index is 0.110. The largest absolute Gasteiger partial charge is 0.417 e. The molecule has 1 atom stereocenters. The van der Waals surface area contributed by atoms with Gasteiger partial charge in [-0.05, 0) is 25.1 Å². The minimum atomic E-state index is -4.55. The molecule has 0 aliphatic rings. The van der Waals surface area contributed by atoms with Crippen molar-refractivity contribution < 1.29 is 17.6 Å². The van der Waals surface area contributed by atoms with Crippen molar-refractivity contribution in [2.45, 2.75) is 19.1 Å². The van der Waals surface area contributed by atoms with E-state index in [0.29, 0.717) is 4.88 Å². The highest BCUT2D eigenvalue weighted by Crippen LogP contribution is 2.39. The minimum Gasteiger partial charge on any atom is -0.323 e. The van der Waals surface area contributed by atoms with E-state index in [0.717, 1.165) is 29.5 Å². The molecular weight excluding hydrogens is 280 g/mol. The van der Waals surface area contributed by atoms with Crippen molar-refractivity contribution in [2.75, 3.05) is 0 Å². The fourth-order valence-electron chi connectivity index (χ4n) is 1.56. The van der Waals surface area contributed by atoms with Crippen molar-refractivity contribution in [1.29, 1.82) is 0 Å². The van der Waals surface area contributed by atoms with Crippen LogP contribution in [0.4, 0.5) is 17.6 Å². The number of nitrogens with two attached hydrogens (primary N) is 1. The maximum atomic E-state index is 13.2. The molecule has 1 unspecified atom stereocenters. The Kier molecular flexibility index (Phi) is 3.60. The van der Waals surface area contributed by atoms with Gasteiger partial charge in [0.25, 0.3) is 0 Å². The number of nitrogens with zero attached hydrogens (tertiary/aromatic N) is 1. The molecule has 0 aliphatic carbocycles. The Bertz CT molecular complexity index is 590. The van der Waals surface area contributed by atoms with Crippen molar-refractivity contribution >= 4 is 11.3 Å². The van der Waals surface area contributed by atoms with E-state index < -0.39 is 17.6 Å². The summed E-state index contributed by atoms with van der Waals surface area (Å²) >= 11 is 1.03. The van der Waals surface area contributed by atoms with Gasteiger partial charge in [-0.2, -0.15) is 13.2 Å². The Labute approximate surface area is 110 Å². The van der Waals surface area contributed by atoms with Gasteiger partial charge in [-0.25, -0.2) is 9.37 Å². The van der Waals surface area contributed by atoms with Crippen LogP contribution in [-0.4, -0.2) is 4.98 Å². The predicted octanol–water partition coefficient (Wildman–Crippen LogP) is 3.99. The van der Waals surface area contributed by atoms with Crippen LogP contribution in [0.5, 0.6) is 0 Å². The number of rotatable bonds is 2. The SMILES string of the molecule is CC(N)c1cnc(-c2cc(F)ccc2C(F)(F)F)s1. The lowest BCUT2D eigenvalue weighted by Crippen LogP contribution is -2.07. The summed E-state index contributed by atoms with van der Waals surface area (Å²) in [6.45, 7) is 1.70. The summed E-state index contributed by atoms with van der Waals surface area (Å²) in [5, 5.41) is 0.110. The number of alkyl halides is 3. The first kappa shape index (κ1) is 14.0. The summed E-state index contributed by atoms with van der Waals surface area (Å²) in [6.07, 6.45) is -3.14. The standard InChI is InChI=1S/C12H10F4N2S/c1-6(17)10-5-18-11(19-10)8-4-7(13)2-3-9(8)12(14,15)16/h2-6H,17H2,1H3. The Morgan fingerprint density at radius 3 is 2.53 bits per heavy atom. The highest BCUT2D eigenvalue weighted by atomic mass is 32.1. The van der Waals surface area contributed by atoms with E-state index in [9.17, 15) is 17.6 Å². The third kappa shape index (κ3) is 2.93. The molecule has 0 fully saturated rings. The van der Waals surface area contributed by atoms with Gasteiger partial charge < -0.3 is 5.73 Å². The second-order valence-corrected chi connectivity index (χ2v) is 5.11. The van der Waals surface area contributed by atoms with E-state index in [1.165, 1.54) is 6.20 Å². The normalized spacial score (nSPS) is 13.6. The Balaban J connectivity index is 2.56. The zero-order valence-corrected chi connectivity index (χ0v) is 10.6. The van der Waals surface area contributed by atoms with Crippen LogP contribution in [0.15, 0.2) is 24.4 Å². The molecule has 7 heteroatoms. The summed E-state index contributed by atoms with van der Waals surface area (Å²) in [5.74, 6) is -0.736. The van der Waals surface area contributed by atoms with Gasteiger partial charge in [0.15, 0.2) is 0 Å². The van der Waals surface area contributed by atoms with E-state index in [1.807, 2.05) is 0 Å². The van der Waals surface area contributed by atoms with Crippen molar-refractivity contribution in [2.24, 2.45) is 5.73 Å². The fourth-order valence-corrected chi connectivity index (χ4v) is 2.46. The van der Waals surface area contributed by atoms with Crippen LogP contribution in [0.25, 0.3) is 10.6 Å². The first-order valence-electron chi connectivity index (χ1n) is 5.37. The van der Waals surface area contributed by atoms with Gasteiger partial charge in [0.2, 0.25) is 0 Å². The molecule has 0 bridgehead atoms. The van der Waals surface area contributed by atoms with E-state index >= 15 is 0 Å². The molecule has 2 nitrogen and oxygen atoms in total. The number of aromatic nitrogens is 1. The van der Waals surface area contributed by atoms with Crippen molar-refractivity contribution in [1.82, 2.24) is 4.98 Å². The molecule has 2 aromatic rings. The molecule has 1 aromatic carbocycles. The van der Waals surface area contributed by atoms with E-state index in [1.54, 1.807) is 6.92 Å². The highest BCUT2D eigenvalue weighted by Gasteiger charge is 2.34. The number of thiazole rings is 1. The molecule has 0 radical (unpaired) electrons. The van der Waals surface area contributed by atoms with Gasteiger partial charge in [-0.3, -0.25) is 0 Å². The second-order valence-electron chi connectivity index (χ2n) is 4.04. The topological polar surface area (TPSA) is 38.9 Å². The van der Waals surface area contributed by atoms with Crippen molar-refractivity contribution in [3.05, 3.63) is 40.7 Å². The summed E-state index contributed by atoms with van der Waals surface area (Å²) in [6, 6.07) is 2.02. The lowest BCUT2D eigenvalue weighted by atomic mass is 10.1. The predicted molar refractivity (Wildman–Crippen MR) is 65.1 cm³/mol. The average molecular weight is 290 g/mol. The number of benzene rings is 1. The summed E-state index contributed by atoms with van der Waals surface area (Å²) in [5.41, 5.74) is 4.47. The van der Waals surface area contributed by atoms with Crippen LogP contribution >= 0.6 is 11.3 Å². The number of hydrogen-bond acceptors (Lipinski definition) is 3. The van der Waals surface area contributed by atoms with Gasteiger partial charge >= 0.3 is 6.18 Å². The third-order valence-electron chi connectivity index (χ3n) is 2.49. The smallest absolute Gasteiger partial charge is 0.323 e. The summed E-state index contributed by atoms with van der Waals surface area (Å²) in [7, 11) is 0. The lowest BCUT2D eigenvalue weighted by Gasteiger charge is -2.11. The van der Waals surface area contributed by atoms with E-state index in [4.69, 9.17) is 5.73 Å². The lowest BCUT2D eigenvalue weighted by molar-refractivity contribution is -0.137. The molecule has 0 aliphatic heterocycles.